The zero-order valence-electron chi connectivity index (χ0n) is 18.8. The maximum Gasteiger partial charge on any atom is 0.237 e. The fourth-order valence-corrected chi connectivity index (χ4v) is 5.00. The molecule has 3 heterocycles. The minimum absolute atomic E-state index is 0.0379. The Morgan fingerprint density at radius 2 is 2.00 bits per heavy atom. The van der Waals surface area contributed by atoms with Crippen molar-refractivity contribution >= 4 is 23.7 Å². The van der Waals surface area contributed by atoms with Crippen LogP contribution in [0.1, 0.15) is 32.3 Å². The van der Waals surface area contributed by atoms with Gasteiger partial charge >= 0.3 is 0 Å². The van der Waals surface area contributed by atoms with Crippen molar-refractivity contribution in [3.63, 3.8) is 0 Å². The summed E-state index contributed by atoms with van der Waals surface area (Å²) in [6.45, 7) is 4.62. The van der Waals surface area contributed by atoms with E-state index in [1.165, 1.54) is 11.8 Å². The van der Waals surface area contributed by atoms with Crippen molar-refractivity contribution in [1.82, 2.24) is 15.6 Å². The maximum atomic E-state index is 13.0. The number of hydrogen-bond donors (Lipinski definition) is 5. The normalized spacial score (nSPS) is 34.2. The van der Waals surface area contributed by atoms with Gasteiger partial charge in [0.25, 0.3) is 0 Å². The first-order chi connectivity index (χ1) is 15.3. The third-order valence-electron chi connectivity index (χ3n) is 6.24. The Labute approximate surface area is 193 Å². The summed E-state index contributed by atoms with van der Waals surface area (Å²) in [7, 11) is 0. The molecule has 8 atom stereocenters. The molecular weight excluding hydrogens is 430 g/mol. The highest BCUT2D eigenvalue weighted by Crippen LogP contribution is 2.30. The van der Waals surface area contributed by atoms with Gasteiger partial charge in [0.1, 0.15) is 29.9 Å². The lowest BCUT2D eigenvalue weighted by Gasteiger charge is -2.44. The van der Waals surface area contributed by atoms with E-state index in [1.54, 1.807) is 18.6 Å². The van der Waals surface area contributed by atoms with Crippen LogP contribution in [0.2, 0.25) is 0 Å². The summed E-state index contributed by atoms with van der Waals surface area (Å²) in [4.78, 5) is 17.0. The fraction of sp³-hybridized carbons (Fsp3) is 0.652. The van der Waals surface area contributed by atoms with E-state index >= 15 is 0 Å². The van der Waals surface area contributed by atoms with Crippen LogP contribution in [0.15, 0.2) is 30.6 Å². The average molecular weight is 466 g/mol. The Hall–Kier alpha value is -1.49. The predicted octanol–water partition coefficient (Wildman–Crippen LogP) is 0.774. The summed E-state index contributed by atoms with van der Waals surface area (Å²) < 4.78 is 5.89. The third-order valence-corrected chi connectivity index (χ3v) is 7.10. The van der Waals surface area contributed by atoms with Gasteiger partial charge < -0.3 is 30.7 Å². The number of nitrogens with zero attached hydrogens (tertiary/aromatic N) is 1. The predicted molar refractivity (Wildman–Crippen MR) is 125 cm³/mol. The summed E-state index contributed by atoms with van der Waals surface area (Å²) in [6.07, 6.45) is 6.46. The van der Waals surface area contributed by atoms with Gasteiger partial charge in [-0.05, 0) is 55.2 Å². The molecule has 3 rings (SSSR count). The van der Waals surface area contributed by atoms with E-state index in [2.05, 4.69) is 27.8 Å². The molecule has 178 valence electrons. The average Bonchev–Trinajstić information content (AvgIpc) is 3.26. The molecule has 2 aliphatic rings. The lowest BCUT2D eigenvalue weighted by molar-refractivity contribution is -0.208. The third kappa shape index (κ3) is 6.09. The molecule has 0 aliphatic carbocycles. The molecule has 0 spiro atoms. The summed E-state index contributed by atoms with van der Waals surface area (Å²) >= 11 is 1.26. The number of aliphatic hydroxyl groups is 3. The number of nitrogens with one attached hydrogen (secondary N) is 2. The van der Waals surface area contributed by atoms with Crippen molar-refractivity contribution in [2.24, 2.45) is 11.8 Å². The van der Waals surface area contributed by atoms with Crippen LogP contribution in [-0.4, -0.2) is 80.9 Å². The Morgan fingerprint density at radius 1 is 1.28 bits per heavy atom. The van der Waals surface area contributed by atoms with Crippen molar-refractivity contribution in [2.45, 2.75) is 68.6 Å². The van der Waals surface area contributed by atoms with E-state index in [4.69, 9.17) is 4.74 Å². The number of carbonyl (C=O) groups excluding carboxylic acids is 1. The molecule has 2 saturated heterocycles. The van der Waals surface area contributed by atoms with E-state index in [-0.39, 0.29) is 17.9 Å². The molecule has 0 aromatic carbocycles. The highest BCUT2D eigenvalue weighted by Gasteiger charge is 2.47. The minimum atomic E-state index is -1.33. The lowest BCUT2D eigenvalue weighted by Crippen LogP contribution is -2.64. The second kappa shape index (κ2) is 11.6. The molecule has 2 fully saturated rings. The number of ether oxygens (including phenoxy) is 1. The number of aliphatic hydroxyl groups excluding tert-OH is 3. The molecular formula is C23H35N3O5S. The van der Waals surface area contributed by atoms with Crippen molar-refractivity contribution < 1.29 is 24.9 Å². The molecule has 0 unspecified atom stereocenters. The van der Waals surface area contributed by atoms with Gasteiger partial charge in [-0.25, -0.2) is 0 Å². The fourth-order valence-electron chi connectivity index (χ4n) is 4.32. The monoisotopic (exact) mass is 465 g/mol. The standard InChI is InChI=1S/C23H35N3O5S/c1-13(2)17(21-19(28)18(27)20(29)23(31-21)32-3)26-22(30)16-11-15(12-25-16)6-4-5-14-7-9-24-10-8-14/h4-5,7-10,13,15-21,23,25,27-29H,6,11-12H2,1-3H3,(H,26,30)/b5-4+/t15-,16+,17-,18+,19-,20-,21-,23-/m1/s1. The van der Waals surface area contributed by atoms with Crippen LogP contribution >= 0.6 is 11.8 Å². The first kappa shape index (κ1) is 25.1. The Kier molecular flexibility index (Phi) is 9.10. The maximum absolute atomic E-state index is 13.0. The molecule has 0 bridgehead atoms. The Balaban J connectivity index is 1.56. The van der Waals surface area contributed by atoms with Crippen LogP contribution in [0.25, 0.3) is 6.08 Å². The van der Waals surface area contributed by atoms with Crippen molar-refractivity contribution in [3.05, 3.63) is 36.2 Å². The summed E-state index contributed by atoms with van der Waals surface area (Å²) in [5.74, 6) is 0.182. The number of thioether (sulfide) groups is 1. The summed E-state index contributed by atoms with van der Waals surface area (Å²) in [5.41, 5.74) is 0.430. The molecule has 2 aliphatic heterocycles. The quantitative estimate of drug-likeness (QED) is 0.382. The number of hydrogen-bond acceptors (Lipinski definition) is 8. The van der Waals surface area contributed by atoms with Crippen LogP contribution in [0, 0.1) is 11.8 Å². The van der Waals surface area contributed by atoms with Gasteiger partial charge in [0.05, 0.1) is 12.1 Å². The lowest BCUT2D eigenvalue weighted by atomic mass is 9.88. The first-order valence-corrected chi connectivity index (χ1v) is 12.4. The molecule has 8 nitrogen and oxygen atoms in total. The zero-order chi connectivity index (χ0) is 23.3. The van der Waals surface area contributed by atoms with Gasteiger partial charge in [0.2, 0.25) is 5.91 Å². The second-order valence-corrected chi connectivity index (χ2v) is 9.87. The molecule has 32 heavy (non-hydrogen) atoms. The Morgan fingerprint density at radius 3 is 2.66 bits per heavy atom. The topological polar surface area (TPSA) is 124 Å². The van der Waals surface area contributed by atoms with Gasteiger partial charge in [0, 0.05) is 12.4 Å². The SMILES string of the molecule is CS[C@H]1O[C@H]([C@H](NC(=O)[C@@H]2C[C@@H](C/C=C/c3ccncc3)CN2)C(C)C)[C@H](O)[C@H](O)[C@H]1O. The van der Waals surface area contributed by atoms with Gasteiger partial charge in [-0.2, -0.15) is 0 Å². The molecule has 9 heteroatoms. The number of pyridine rings is 1. The minimum Gasteiger partial charge on any atom is -0.388 e. The summed E-state index contributed by atoms with van der Waals surface area (Å²) in [5, 5.41) is 37.2. The van der Waals surface area contributed by atoms with E-state index in [1.807, 2.05) is 26.0 Å². The summed E-state index contributed by atoms with van der Waals surface area (Å²) in [6, 6.07) is 3.08. The first-order valence-electron chi connectivity index (χ1n) is 11.1. The number of rotatable bonds is 8. The molecule has 0 radical (unpaired) electrons. The van der Waals surface area contributed by atoms with Gasteiger partial charge in [0.15, 0.2) is 0 Å². The largest absolute Gasteiger partial charge is 0.388 e. The zero-order valence-corrected chi connectivity index (χ0v) is 19.6. The number of aromatic nitrogens is 1. The van der Waals surface area contributed by atoms with Crippen molar-refractivity contribution in [1.29, 1.82) is 0 Å². The van der Waals surface area contributed by atoms with E-state index in [0.29, 0.717) is 5.92 Å². The van der Waals surface area contributed by atoms with E-state index in [9.17, 15) is 20.1 Å². The number of amides is 1. The number of carbonyl (C=O) groups is 1. The van der Waals surface area contributed by atoms with Crippen LogP contribution in [0.4, 0.5) is 0 Å². The van der Waals surface area contributed by atoms with E-state index in [0.717, 1.165) is 24.9 Å². The van der Waals surface area contributed by atoms with Crippen LogP contribution in [0.3, 0.4) is 0 Å². The highest BCUT2D eigenvalue weighted by molar-refractivity contribution is 7.99. The van der Waals surface area contributed by atoms with Gasteiger partial charge in [-0.15, -0.1) is 11.8 Å². The van der Waals surface area contributed by atoms with Crippen molar-refractivity contribution in [3.8, 4) is 0 Å². The second-order valence-electron chi connectivity index (χ2n) is 8.94. The molecule has 1 aromatic heterocycles. The van der Waals surface area contributed by atoms with Crippen LogP contribution < -0.4 is 10.6 Å². The molecule has 0 saturated carbocycles. The number of allylic oxidation sites excluding steroid dienone is 1. The van der Waals surface area contributed by atoms with Gasteiger partial charge in [-0.1, -0.05) is 26.0 Å². The molecule has 5 N–H and O–H groups in total. The van der Waals surface area contributed by atoms with E-state index < -0.39 is 35.9 Å². The van der Waals surface area contributed by atoms with Crippen molar-refractivity contribution in [2.75, 3.05) is 12.8 Å². The Bertz CT molecular complexity index is 763. The molecule has 1 aromatic rings. The smallest absolute Gasteiger partial charge is 0.237 e. The van der Waals surface area contributed by atoms with Crippen LogP contribution in [0.5, 0.6) is 0 Å². The molecule has 1 amide bonds. The van der Waals surface area contributed by atoms with Crippen LogP contribution in [-0.2, 0) is 9.53 Å². The highest BCUT2D eigenvalue weighted by atomic mass is 32.2. The van der Waals surface area contributed by atoms with Gasteiger partial charge in [-0.3, -0.25) is 9.78 Å².